The molecule has 5 heterocycles. The molecule has 0 unspecified atom stereocenters. The second-order valence-corrected chi connectivity index (χ2v) is 15.3. The van der Waals surface area contributed by atoms with E-state index in [9.17, 15) is 19.2 Å². The van der Waals surface area contributed by atoms with Gasteiger partial charge in [0.25, 0.3) is 0 Å². The Balaban J connectivity index is 0.00000336. The average molecular weight is 897 g/mol. The number of hydrogen-bond acceptors (Lipinski definition) is 9. The molecule has 0 spiro atoms. The Morgan fingerprint density at radius 2 is 1.34 bits per heavy atom. The molecule has 2 saturated heterocycles. The standard InChI is InChI=1S/C38H48N8O6S.CH4.4H2S/c1-21(2)31(43-37(49)51-5)35(47)45-17-7-9-28(45)33-39-20-27(42-33)30-16-14-24(53-30)13-11-23-12-15-25-26(19-23)41-34(40-25)29-10-8-18-46(29)36(48)32(22(3)4)44-38(50)52-6;;;;;/h11-16,19-22,28-29,31-32H,7-10,17-18H2,1-6H3,(H,39,42)(H,40,41)(H,43,49)(H,44,50);1H4;4*1H2/b13-11+;;;;;/t28-,29-,31-,32-;;;;;/m0...../s1. The Morgan fingerprint density at radius 1 is 0.793 bits per heavy atom. The van der Waals surface area contributed by atoms with Gasteiger partial charge in [0.05, 0.1) is 54.1 Å². The number of amides is 4. The van der Waals surface area contributed by atoms with Gasteiger partial charge in [-0.25, -0.2) is 19.6 Å². The van der Waals surface area contributed by atoms with Crippen LogP contribution in [0.3, 0.4) is 0 Å². The van der Waals surface area contributed by atoms with Crippen LogP contribution in [0.2, 0.25) is 0 Å². The molecule has 0 bridgehead atoms. The molecule has 2 aliphatic heterocycles. The number of H-pyrrole nitrogens is 2. The zero-order valence-corrected chi connectivity index (χ0v) is 37.8. The topological polar surface area (TPSA) is 175 Å². The number of rotatable bonds is 11. The van der Waals surface area contributed by atoms with Crippen LogP contribution < -0.4 is 10.6 Å². The molecule has 322 valence electrons. The second-order valence-electron chi connectivity index (χ2n) is 14.2. The Kier molecular flexibility index (Phi) is 20.8. The summed E-state index contributed by atoms with van der Waals surface area (Å²) in [5.74, 6) is 0.974. The lowest BCUT2D eigenvalue weighted by molar-refractivity contribution is -0.136. The third kappa shape index (κ3) is 11.7. The summed E-state index contributed by atoms with van der Waals surface area (Å²) >= 11 is 1.63. The largest absolute Gasteiger partial charge is 0.453 e. The highest BCUT2D eigenvalue weighted by Crippen LogP contribution is 2.35. The number of carbonyl (C=O) groups is 4. The van der Waals surface area contributed by atoms with Gasteiger partial charge in [0.15, 0.2) is 0 Å². The lowest BCUT2D eigenvalue weighted by Gasteiger charge is -2.30. The van der Waals surface area contributed by atoms with Crippen molar-refractivity contribution in [2.24, 2.45) is 11.8 Å². The van der Waals surface area contributed by atoms with Gasteiger partial charge < -0.3 is 39.9 Å². The first kappa shape index (κ1) is 52.2. The molecule has 2 fully saturated rings. The summed E-state index contributed by atoms with van der Waals surface area (Å²) in [7, 11) is 2.58. The number of thiophene rings is 1. The van der Waals surface area contributed by atoms with Crippen molar-refractivity contribution in [3.63, 3.8) is 0 Å². The Hall–Kier alpha value is -3.78. The van der Waals surface area contributed by atoms with Crippen LogP contribution in [0.4, 0.5) is 9.59 Å². The molecule has 4 amide bonds. The molecule has 0 saturated carbocycles. The molecule has 1 aromatic carbocycles. The maximum atomic E-state index is 13.6. The second kappa shape index (κ2) is 23.1. The number of likely N-dealkylation sites (tertiary alicyclic amines) is 2. The van der Waals surface area contributed by atoms with Crippen molar-refractivity contribution in [3.05, 3.63) is 58.6 Å². The Morgan fingerprint density at radius 3 is 1.88 bits per heavy atom. The predicted molar refractivity (Wildman–Crippen MR) is 251 cm³/mol. The number of alkyl carbamates (subject to hydrolysis) is 2. The van der Waals surface area contributed by atoms with E-state index in [1.807, 2.05) is 61.9 Å². The first-order chi connectivity index (χ1) is 25.5. The van der Waals surface area contributed by atoms with Crippen molar-refractivity contribution < 1.29 is 28.7 Å². The molecule has 4 atom stereocenters. The van der Waals surface area contributed by atoms with E-state index in [1.165, 1.54) is 14.2 Å². The van der Waals surface area contributed by atoms with Gasteiger partial charge in [0.1, 0.15) is 23.7 Å². The van der Waals surface area contributed by atoms with E-state index >= 15 is 0 Å². The fraction of sp³-hybridized carbons (Fsp3) is 0.487. The fourth-order valence-electron chi connectivity index (χ4n) is 7.09. The number of methoxy groups -OCH3 is 2. The molecule has 3 aromatic heterocycles. The number of hydrogen-bond donors (Lipinski definition) is 4. The molecular formula is C39H60N8O6S5. The number of benzene rings is 1. The molecule has 0 radical (unpaired) electrons. The highest BCUT2D eigenvalue weighted by molar-refractivity contribution is 7.59. The SMILES string of the molecule is C.COC(=O)N[C@H](C(=O)N1CCC[C@H]1c1ncc(-c2ccc(/C=C/c3ccc4nc([C@@H]5CCCN5C(=O)[C@@H](NC(=O)OC)C(C)C)[nH]c4c3)s2)[nH]1)C(C)C.S.S.S.S. The Labute approximate surface area is 372 Å². The van der Waals surface area contributed by atoms with Gasteiger partial charge in [0, 0.05) is 18.0 Å². The maximum Gasteiger partial charge on any atom is 0.407 e. The first-order valence-electron chi connectivity index (χ1n) is 18.1. The van der Waals surface area contributed by atoms with Gasteiger partial charge >= 0.3 is 12.2 Å². The normalized spacial score (nSPS) is 17.0. The summed E-state index contributed by atoms with van der Waals surface area (Å²) in [6.45, 7) is 8.79. The van der Waals surface area contributed by atoms with Crippen LogP contribution in [0, 0.1) is 11.8 Å². The zero-order valence-electron chi connectivity index (χ0n) is 33.0. The lowest BCUT2D eigenvalue weighted by Crippen LogP contribution is -2.51. The average Bonchev–Trinajstić information content (AvgIpc) is 3.98. The van der Waals surface area contributed by atoms with Crippen LogP contribution in [0.15, 0.2) is 36.5 Å². The molecule has 19 heteroatoms. The van der Waals surface area contributed by atoms with Crippen LogP contribution in [-0.4, -0.2) is 93.1 Å². The highest BCUT2D eigenvalue weighted by atomic mass is 32.1. The summed E-state index contributed by atoms with van der Waals surface area (Å²) in [6, 6.07) is 8.37. The molecule has 6 rings (SSSR count). The zero-order chi connectivity index (χ0) is 37.8. The number of ether oxygens (including phenoxy) is 2. The number of nitrogens with one attached hydrogen (secondary N) is 4. The smallest absolute Gasteiger partial charge is 0.407 e. The van der Waals surface area contributed by atoms with Crippen LogP contribution in [-0.2, 0) is 19.1 Å². The summed E-state index contributed by atoms with van der Waals surface area (Å²) in [4.78, 5) is 73.1. The third-order valence-corrected chi connectivity index (χ3v) is 11.0. The minimum Gasteiger partial charge on any atom is -0.453 e. The minimum atomic E-state index is -0.688. The summed E-state index contributed by atoms with van der Waals surface area (Å²) in [6.07, 6.45) is 7.95. The van der Waals surface area contributed by atoms with Gasteiger partial charge in [-0.05, 0) is 73.4 Å². The fourth-order valence-corrected chi connectivity index (χ4v) is 7.97. The highest BCUT2D eigenvalue weighted by Gasteiger charge is 2.39. The van der Waals surface area contributed by atoms with Crippen molar-refractivity contribution in [2.75, 3.05) is 27.3 Å². The number of aromatic nitrogens is 4. The lowest BCUT2D eigenvalue weighted by atomic mass is 10.0. The van der Waals surface area contributed by atoms with Crippen LogP contribution in [0.25, 0.3) is 33.8 Å². The van der Waals surface area contributed by atoms with Crippen molar-refractivity contribution in [1.29, 1.82) is 0 Å². The van der Waals surface area contributed by atoms with Crippen LogP contribution >= 0.6 is 65.3 Å². The van der Waals surface area contributed by atoms with Crippen molar-refractivity contribution in [1.82, 2.24) is 40.4 Å². The first-order valence-corrected chi connectivity index (χ1v) is 18.9. The minimum absolute atomic E-state index is 0. The summed E-state index contributed by atoms with van der Waals surface area (Å²) < 4.78 is 9.50. The van der Waals surface area contributed by atoms with E-state index in [1.54, 1.807) is 11.3 Å². The van der Waals surface area contributed by atoms with Crippen molar-refractivity contribution in [3.8, 4) is 10.6 Å². The van der Waals surface area contributed by atoms with E-state index in [0.717, 1.165) is 69.4 Å². The summed E-state index contributed by atoms with van der Waals surface area (Å²) in [5, 5.41) is 5.39. The van der Waals surface area contributed by atoms with Gasteiger partial charge in [-0.2, -0.15) is 54.0 Å². The molecule has 4 aromatic rings. The van der Waals surface area contributed by atoms with E-state index in [-0.39, 0.29) is 97.1 Å². The number of nitrogens with zero attached hydrogens (tertiary/aromatic N) is 4. The molecule has 2 aliphatic rings. The monoisotopic (exact) mass is 896 g/mol. The van der Waals surface area contributed by atoms with Crippen molar-refractivity contribution >= 4 is 113 Å². The van der Waals surface area contributed by atoms with E-state index in [0.29, 0.717) is 13.1 Å². The molecule has 58 heavy (non-hydrogen) atoms. The molecule has 0 aliphatic carbocycles. The number of carbonyl (C=O) groups excluding carboxylic acids is 4. The maximum absolute atomic E-state index is 13.6. The Bertz CT molecular complexity index is 2000. The quantitative estimate of drug-likeness (QED) is 0.121. The third-order valence-electron chi connectivity index (χ3n) is 9.94. The molecule has 4 N–H and O–H groups in total. The van der Waals surface area contributed by atoms with Gasteiger partial charge in [0.2, 0.25) is 11.8 Å². The number of aromatic amines is 2. The van der Waals surface area contributed by atoms with Crippen molar-refractivity contribution in [2.45, 2.75) is 85.0 Å². The van der Waals surface area contributed by atoms with Gasteiger partial charge in [-0.1, -0.05) is 47.3 Å². The predicted octanol–water partition coefficient (Wildman–Crippen LogP) is 7.36. The van der Waals surface area contributed by atoms with Crippen LogP contribution in [0.1, 0.15) is 95.0 Å². The van der Waals surface area contributed by atoms with Gasteiger partial charge in [-0.3, -0.25) is 9.59 Å². The summed E-state index contributed by atoms with van der Waals surface area (Å²) in [5.41, 5.74) is 3.58. The molecular weight excluding hydrogens is 837 g/mol. The van der Waals surface area contributed by atoms with E-state index in [4.69, 9.17) is 14.5 Å². The number of imidazole rings is 2. The van der Waals surface area contributed by atoms with Gasteiger partial charge in [-0.15, -0.1) is 11.3 Å². The molecule has 14 nitrogen and oxygen atoms in total. The van der Waals surface area contributed by atoms with Crippen LogP contribution in [0.5, 0.6) is 0 Å². The van der Waals surface area contributed by atoms with E-state index < -0.39 is 24.3 Å². The number of fused-ring (bicyclic) bond motifs is 1. The van der Waals surface area contributed by atoms with E-state index in [2.05, 4.69) is 49.9 Å².